The van der Waals surface area contributed by atoms with Crippen molar-refractivity contribution in [3.05, 3.63) is 17.3 Å². The summed E-state index contributed by atoms with van der Waals surface area (Å²) in [6.07, 6.45) is 0. The Kier molecular flexibility index (Phi) is 4.48. The summed E-state index contributed by atoms with van der Waals surface area (Å²) < 4.78 is 0. The van der Waals surface area contributed by atoms with Crippen LogP contribution in [-0.2, 0) is 0 Å². The molecule has 0 atom stereocenters. The minimum absolute atomic E-state index is 0.163. The molecule has 7 heteroatoms. The predicted octanol–water partition coefficient (Wildman–Crippen LogP) is 1.92. The average molecular weight is 233 g/mol. The highest BCUT2D eigenvalue weighted by atomic mass is 35.5. The van der Waals surface area contributed by atoms with Crippen LogP contribution in [-0.4, -0.2) is 21.2 Å². The topological polar surface area (TPSA) is 66.9 Å². The van der Waals surface area contributed by atoms with Gasteiger partial charge < -0.3 is 0 Å². The first-order valence-electron chi connectivity index (χ1n) is 3.90. The van der Waals surface area contributed by atoms with Gasteiger partial charge in [0.15, 0.2) is 11.0 Å². The van der Waals surface area contributed by atoms with Crippen LogP contribution in [0.25, 0.3) is 0 Å². The molecule has 0 unspecified atom stereocenters. The van der Waals surface area contributed by atoms with E-state index in [1.165, 1.54) is 11.8 Å². The summed E-state index contributed by atoms with van der Waals surface area (Å²) in [5.41, 5.74) is 5.05. The van der Waals surface area contributed by atoms with Gasteiger partial charge in [0.25, 0.3) is 5.24 Å². The van der Waals surface area contributed by atoms with Gasteiger partial charge >= 0.3 is 0 Å². The lowest BCUT2D eigenvalue weighted by Crippen LogP contribution is -2.26. The number of hydrogen-bond acceptors (Lipinski definition) is 5. The first kappa shape index (κ1) is 11.1. The second-order valence-corrected chi connectivity index (χ2v) is 3.84. The Morgan fingerprint density at radius 3 is 2.93 bits per heavy atom. The summed E-state index contributed by atoms with van der Waals surface area (Å²) in [7, 11) is 0. The molecule has 0 aliphatic rings. The molecule has 1 aromatic rings. The predicted molar refractivity (Wildman–Crippen MR) is 57.3 cm³/mol. The van der Waals surface area contributed by atoms with Crippen LogP contribution in [0.5, 0.6) is 0 Å². The van der Waals surface area contributed by atoms with Crippen molar-refractivity contribution in [1.29, 1.82) is 0 Å². The van der Waals surface area contributed by atoms with Gasteiger partial charge in [-0.05, 0) is 17.9 Å². The molecule has 0 radical (unpaired) electrons. The van der Waals surface area contributed by atoms with Gasteiger partial charge in [-0.25, -0.2) is 0 Å². The highest BCUT2D eigenvalue weighted by molar-refractivity contribution is 8.13. The maximum absolute atomic E-state index is 11.0. The highest BCUT2D eigenvalue weighted by Gasteiger charge is 1.99. The summed E-state index contributed by atoms with van der Waals surface area (Å²) in [5.74, 6) is 1.17. The molecule has 1 amide bonds. The molecule has 0 aliphatic carbocycles. The lowest BCUT2D eigenvalue weighted by Gasteiger charge is -2.04. The zero-order chi connectivity index (χ0) is 10.4. The van der Waals surface area contributed by atoms with Gasteiger partial charge in [-0.15, -0.1) is 10.2 Å². The number of anilines is 1. The van der Waals surface area contributed by atoms with E-state index in [4.69, 9.17) is 11.6 Å². The van der Waals surface area contributed by atoms with Crippen molar-refractivity contribution < 1.29 is 4.79 Å². The molecule has 2 N–H and O–H groups in total. The van der Waals surface area contributed by atoms with E-state index in [0.29, 0.717) is 11.0 Å². The summed E-state index contributed by atoms with van der Waals surface area (Å²) in [6, 6.07) is 3.20. The number of hydrazine groups is 1. The third-order valence-corrected chi connectivity index (χ3v) is 2.05. The van der Waals surface area contributed by atoms with Crippen molar-refractivity contribution in [1.82, 2.24) is 15.6 Å². The fraction of sp³-hybridized carbons (Fsp3) is 0.286. The van der Waals surface area contributed by atoms with Gasteiger partial charge in [-0.2, -0.15) is 0 Å². The first-order chi connectivity index (χ1) is 6.72. The zero-order valence-electron chi connectivity index (χ0n) is 7.45. The second-order valence-electron chi connectivity index (χ2n) is 2.21. The van der Waals surface area contributed by atoms with Crippen LogP contribution in [0.3, 0.4) is 0 Å². The van der Waals surface area contributed by atoms with E-state index in [1.807, 2.05) is 6.92 Å². The van der Waals surface area contributed by atoms with Crippen LogP contribution in [0.1, 0.15) is 6.92 Å². The summed E-state index contributed by atoms with van der Waals surface area (Å²) >= 11 is 6.70. The van der Waals surface area contributed by atoms with Crippen LogP contribution in [0.4, 0.5) is 10.6 Å². The Hall–Kier alpha value is -1.01. The molecule has 0 spiro atoms. The Labute approximate surface area is 90.6 Å². The largest absolute Gasteiger partial charge is 0.297 e. The Bertz CT molecular complexity index is 305. The molecule has 0 aromatic carbocycles. The van der Waals surface area contributed by atoms with Gasteiger partial charge in [-0.3, -0.25) is 15.6 Å². The number of carbonyl (C=O) groups excluding carboxylic acids is 1. The van der Waals surface area contributed by atoms with Gasteiger partial charge in [0.1, 0.15) is 0 Å². The Balaban J connectivity index is 2.38. The van der Waals surface area contributed by atoms with E-state index in [0.717, 1.165) is 5.75 Å². The van der Waals surface area contributed by atoms with Crippen LogP contribution in [0, 0.1) is 0 Å². The third-order valence-electron chi connectivity index (χ3n) is 1.20. The van der Waals surface area contributed by atoms with Gasteiger partial charge in [0, 0.05) is 0 Å². The van der Waals surface area contributed by atoms with Crippen LogP contribution >= 0.6 is 23.4 Å². The molecule has 0 bridgehead atoms. The highest BCUT2D eigenvalue weighted by Crippen LogP contribution is 2.05. The molecule has 14 heavy (non-hydrogen) atoms. The summed E-state index contributed by atoms with van der Waals surface area (Å²) in [5, 5.41) is 7.44. The minimum Gasteiger partial charge on any atom is -0.280 e. The van der Waals surface area contributed by atoms with Crippen LogP contribution < -0.4 is 10.9 Å². The number of hydrogen-bond donors (Lipinski definition) is 2. The normalized spacial score (nSPS) is 9.57. The number of thioether (sulfide) groups is 1. The van der Waals surface area contributed by atoms with Crippen molar-refractivity contribution in [3.63, 3.8) is 0 Å². The van der Waals surface area contributed by atoms with Crippen molar-refractivity contribution in [2.45, 2.75) is 6.92 Å². The third kappa shape index (κ3) is 3.80. The maximum Gasteiger partial charge on any atom is 0.297 e. The molecule has 5 nitrogen and oxygen atoms in total. The molecular formula is C7H9ClN4OS. The van der Waals surface area contributed by atoms with E-state index in [1.54, 1.807) is 12.1 Å². The maximum atomic E-state index is 11.0. The average Bonchev–Trinajstić information content (AvgIpc) is 2.17. The van der Waals surface area contributed by atoms with Gasteiger partial charge in [-0.1, -0.05) is 30.3 Å². The van der Waals surface area contributed by atoms with E-state index in [9.17, 15) is 4.79 Å². The smallest absolute Gasteiger partial charge is 0.280 e. The lowest BCUT2D eigenvalue weighted by atomic mass is 10.5. The minimum atomic E-state index is -0.163. The molecule has 1 rings (SSSR count). The standard InChI is InChI=1S/C7H9ClN4OS/c1-2-14-7(13)12-11-6-4-3-5(8)9-10-6/h3-4H,2H2,1H3,(H,10,11)(H,12,13). The summed E-state index contributed by atoms with van der Waals surface area (Å²) in [4.78, 5) is 11.0. The van der Waals surface area contributed by atoms with E-state index in [-0.39, 0.29) is 5.24 Å². The summed E-state index contributed by atoms with van der Waals surface area (Å²) in [6.45, 7) is 1.90. The molecule has 1 heterocycles. The van der Waals surface area contributed by atoms with Crippen molar-refractivity contribution in [2.24, 2.45) is 0 Å². The fourth-order valence-corrected chi connectivity index (χ4v) is 1.15. The number of aromatic nitrogens is 2. The monoisotopic (exact) mass is 232 g/mol. The van der Waals surface area contributed by atoms with Crippen LogP contribution in [0.2, 0.25) is 5.15 Å². The quantitative estimate of drug-likeness (QED) is 0.780. The molecule has 0 fully saturated rings. The van der Waals surface area contributed by atoms with E-state index in [2.05, 4.69) is 21.0 Å². The van der Waals surface area contributed by atoms with E-state index < -0.39 is 0 Å². The molecule has 1 aromatic heterocycles. The van der Waals surface area contributed by atoms with E-state index >= 15 is 0 Å². The number of carbonyl (C=O) groups is 1. The Morgan fingerprint density at radius 2 is 2.36 bits per heavy atom. The van der Waals surface area contributed by atoms with Gasteiger partial charge in [0.2, 0.25) is 0 Å². The van der Waals surface area contributed by atoms with Crippen molar-refractivity contribution in [2.75, 3.05) is 11.2 Å². The number of nitrogens with one attached hydrogen (secondary N) is 2. The molecule has 0 saturated carbocycles. The molecule has 0 saturated heterocycles. The van der Waals surface area contributed by atoms with Gasteiger partial charge in [0.05, 0.1) is 0 Å². The molecular weight excluding hydrogens is 224 g/mol. The van der Waals surface area contributed by atoms with Crippen molar-refractivity contribution in [3.8, 4) is 0 Å². The van der Waals surface area contributed by atoms with Crippen LogP contribution in [0.15, 0.2) is 12.1 Å². The SMILES string of the molecule is CCSC(=O)NNc1ccc(Cl)nn1. The zero-order valence-corrected chi connectivity index (χ0v) is 9.02. The number of nitrogens with zero attached hydrogens (tertiary/aromatic N) is 2. The molecule has 0 aliphatic heterocycles. The fourth-order valence-electron chi connectivity index (χ4n) is 0.665. The second kappa shape index (κ2) is 5.66. The molecule has 76 valence electrons. The first-order valence-corrected chi connectivity index (χ1v) is 5.26. The Morgan fingerprint density at radius 1 is 1.57 bits per heavy atom. The number of amides is 1. The number of halogens is 1. The number of rotatable bonds is 3. The van der Waals surface area contributed by atoms with Crippen molar-refractivity contribution >= 4 is 34.4 Å². The lowest BCUT2D eigenvalue weighted by molar-refractivity contribution is 0.262.